The Morgan fingerprint density at radius 2 is 1.96 bits per heavy atom. The molecule has 0 radical (unpaired) electrons. The summed E-state index contributed by atoms with van der Waals surface area (Å²) in [5.74, 6) is -1.56. The van der Waals surface area contributed by atoms with Crippen LogP contribution in [0.1, 0.15) is 27.6 Å². The number of hydrogen-bond acceptors (Lipinski definition) is 5. The maximum atomic E-state index is 13.8. The Bertz CT molecular complexity index is 1030. The predicted molar refractivity (Wildman–Crippen MR) is 103 cm³/mol. The van der Waals surface area contributed by atoms with Gasteiger partial charge in [0.1, 0.15) is 17.2 Å². The molecule has 0 spiro atoms. The average Bonchev–Trinajstić information content (AvgIpc) is 3.06. The molecule has 0 atom stereocenters. The summed E-state index contributed by atoms with van der Waals surface area (Å²) >= 11 is 5.70. The van der Waals surface area contributed by atoms with E-state index in [0.717, 1.165) is 6.07 Å². The molecule has 0 saturated carbocycles. The molecule has 1 amide bonds. The molecule has 1 heterocycles. The van der Waals surface area contributed by atoms with Crippen LogP contribution in [0.4, 0.5) is 15.9 Å². The summed E-state index contributed by atoms with van der Waals surface area (Å²) in [7, 11) is 0. The van der Waals surface area contributed by atoms with Gasteiger partial charge in [0.05, 0.1) is 24.2 Å². The lowest BCUT2D eigenvalue weighted by Crippen LogP contribution is -2.13. The van der Waals surface area contributed by atoms with E-state index in [4.69, 9.17) is 22.1 Å². The Hall–Kier alpha value is -3.39. The fourth-order valence-electron chi connectivity index (χ4n) is 2.47. The van der Waals surface area contributed by atoms with E-state index in [2.05, 4.69) is 10.4 Å². The first-order chi connectivity index (χ1) is 13.4. The molecule has 144 valence electrons. The van der Waals surface area contributed by atoms with Crippen LogP contribution < -0.4 is 11.1 Å². The zero-order chi connectivity index (χ0) is 20.3. The van der Waals surface area contributed by atoms with Crippen LogP contribution in [0, 0.1) is 5.82 Å². The molecule has 1 aromatic heterocycles. The van der Waals surface area contributed by atoms with Gasteiger partial charge in [-0.05, 0) is 49.4 Å². The second-order valence-corrected chi connectivity index (χ2v) is 6.14. The van der Waals surface area contributed by atoms with Gasteiger partial charge in [-0.2, -0.15) is 5.10 Å². The molecule has 0 unspecified atom stereocenters. The number of nitrogens with two attached hydrogens (primary N) is 1. The first kappa shape index (κ1) is 19.4. The number of benzene rings is 2. The number of hydrogen-bond donors (Lipinski definition) is 2. The van der Waals surface area contributed by atoms with Crippen LogP contribution in [0.3, 0.4) is 0 Å². The number of nitrogen functional groups attached to an aromatic ring is 1. The van der Waals surface area contributed by atoms with E-state index in [1.54, 1.807) is 19.1 Å². The molecular formula is C19H16ClFN4O3. The van der Waals surface area contributed by atoms with Crippen LogP contribution in [0.2, 0.25) is 5.02 Å². The average molecular weight is 403 g/mol. The van der Waals surface area contributed by atoms with Crippen molar-refractivity contribution in [2.45, 2.75) is 6.92 Å². The second-order valence-electron chi connectivity index (χ2n) is 5.70. The maximum Gasteiger partial charge on any atom is 0.343 e. The summed E-state index contributed by atoms with van der Waals surface area (Å²) in [6.45, 7) is 1.92. The highest BCUT2D eigenvalue weighted by molar-refractivity contribution is 6.30. The van der Waals surface area contributed by atoms with Gasteiger partial charge in [0.15, 0.2) is 0 Å². The highest BCUT2D eigenvalue weighted by atomic mass is 35.5. The summed E-state index contributed by atoms with van der Waals surface area (Å²) < 4.78 is 20.1. The summed E-state index contributed by atoms with van der Waals surface area (Å²) in [5.41, 5.74) is 6.98. The maximum absolute atomic E-state index is 13.8. The summed E-state index contributed by atoms with van der Waals surface area (Å²) in [5, 5.41) is 6.79. The van der Waals surface area contributed by atoms with Gasteiger partial charge in [0.2, 0.25) is 0 Å². The van der Waals surface area contributed by atoms with E-state index in [0.29, 0.717) is 11.3 Å². The molecule has 3 aromatic rings. The van der Waals surface area contributed by atoms with Gasteiger partial charge >= 0.3 is 5.97 Å². The van der Waals surface area contributed by atoms with Crippen molar-refractivity contribution in [1.29, 1.82) is 0 Å². The number of amides is 1. The van der Waals surface area contributed by atoms with Crippen LogP contribution >= 0.6 is 11.6 Å². The normalized spacial score (nSPS) is 10.5. The standard InChI is InChI=1S/C19H16ClFN4O3/c1-2-28-19(27)14-10-23-25(17(14)22)13-6-3-11(4-7-13)18(26)24-16-8-5-12(20)9-15(16)21/h3-10H,2,22H2,1H3,(H,24,26). The minimum atomic E-state index is -0.631. The van der Waals surface area contributed by atoms with E-state index in [9.17, 15) is 14.0 Å². The minimum absolute atomic E-state index is 0.0221. The summed E-state index contributed by atoms with van der Waals surface area (Å²) in [6.07, 6.45) is 1.32. The summed E-state index contributed by atoms with van der Waals surface area (Å²) in [4.78, 5) is 24.1. The van der Waals surface area contributed by atoms with Crippen molar-refractivity contribution in [3.63, 3.8) is 0 Å². The quantitative estimate of drug-likeness (QED) is 0.634. The van der Waals surface area contributed by atoms with Crippen molar-refractivity contribution in [2.75, 3.05) is 17.7 Å². The van der Waals surface area contributed by atoms with Gasteiger partial charge in [0, 0.05) is 10.6 Å². The largest absolute Gasteiger partial charge is 0.462 e. The number of rotatable bonds is 5. The van der Waals surface area contributed by atoms with Gasteiger partial charge < -0.3 is 15.8 Å². The second kappa shape index (κ2) is 8.10. The van der Waals surface area contributed by atoms with Crippen molar-refractivity contribution < 1.29 is 18.7 Å². The lowest BCUT2D eigenvalue weighted by atomic mass is 10.2. The van der Waals surface area contributed by atoms with E-state index in [-0.39, 0.29) is 28.7 Å². The highest BCUT2D eigenvalue weighted by Crippen LogP contribution is 2.21. The molecule has 0 bridgehead atoms. The van der Waals surface area contributed by atoms with Crippen LogP contribution in [0.5, 0.6) is 0 Å². The topological polar surface area (TPSA) is 99.2 Å². The third-order valence-corrected chi connectivity index (χ3v) is 4.09. The van der Waals surface area contributed by atoms with Gasteiger partial charge in [0.25, 0.3) is 5.91 Å². The van der Waals surface area contributed by atoms with Gasteiger partial charge in [-0.25, -0.2) is 13.9 Å². The van der Waals surface area contributed by atoms with Crippen LogP contribution in [0.15, 0.2) is 48.7 Å². The number of nitrogens with zero attached hydrogens (tertiary/aromatic N) is 2. The molecule has 3 rings (SSSR count). The summed E-state index contributed by atoms with van der Waals surface area (Å²) in [6, 6.07) is 10.2. The molecule has 28 heavy (non-hydrogen) atoms. The lowest BCUT2D eigenvalue weighted by molar-refractivity contribution is 0.0527. The Morgan fingerprint density at radius 3 is 2.61 bits per heavy atom. The third-order valence-electron chi connectivity index (χ3n) is 3.86. The van der Waals surface area contributed by atoms with Crippen molar-refractivity contribution in [3.05, 3.63) is 70.6 Å². The van der Waals surface area contributed by atoms with Crippen molar-refractivity contribution in [1.82, 2.24) is 9.78 Å². The minimum Gasteiger partial charge on any atom is -0.462 e. The molecule has 0 aliphatic heterocycles. The number of halogens is 2. The van der Waals surface area contributed by atoms with E-state index in [1.807, 2.05) is 0 Å². The van der Waals surface area contributed by atoms with E-state index in [1.165, 1.54) is 35.1 Å². The predicted octanol–water partition coefficient (Wildman–Crippen LogP) is 3.68. The number of anilines is 2. The fourth-order valence-corrected chi connectivity index (χ4v) is 2.63. The van der Waals surface area contributed by atoms with Crippen LogP contribution in [-0.4, -0.2) is 28.3 Å². The van der Waals surface area contributed by atoms with Crippen molar-refractivity contribution in [3.8, 4) is 5.69 Å². The molecular weight excluding hydrogens is 387 g/mol. The Labute approximate surface area is 164 Å². The van der Waals surface area contributed by atoms with Crippen molar-refractivity contribution >= 4 is 35.0 Å². The number of esters is 1. The van der Waals surface area contributed by atoms with E-state index < -0.39 is 17.7 Å². The highest BCUT2D eigenvalue weighted by Gasteiger charge is 2.17. The molecule has 0 fully saturated rings. The lowest BCUT2D eigenvalue weighted by Gasteiger charge is -2.08. The molecule has 0 aliphatic carbocycles. The zero-order valence-electron chi connectivity index (χ0n) is 14.8. The first-order valence-electron chi connectivity index (χ1n) is 8.28. The van der Waals surface area contributed by atoms with Gasteiger partial charge in [-0.15, -0.1) is 0 Å². The number of carbonyl (C=O) groups excluding carboxylic acids is 2. The SMILES string of the molecule is CCOC(=O)c1cnn(-c2ccc(C(=O)Nc3ccc(Cl)cc3F)cc2)c1N. The number of nitrogens with one attached hydrogen (secondary N) is 1. The monoisotopic (exact) mass is 402 g/mol. The fraction of sp³-hybridized carbons (Fsp3) is 0.105. The molecule has 3 N–H and O–H groups in total. The van der Waals surface area contributed by atoms with Crippen LogP contribution in [-0.2, 0) is 4.74 Å². The molecule has 2 aromatic carbocycles. The Balaban J connectivity index is 1.78. The Kier molecular flexibility index (Phi) is 5.60. The number of ether oxygens (including phenoxy) is 1. The van der Waals surface area contributed by atoms with E-state index >= 15 is 0 Å². The molecule has 7 nitrogen and oxygen atoms in total. The van der Waals surface area contributed by atoms with Crippen molar-refractivity contribution in [2.24, 2.45) is 0 Å². The third kappa shape index (κ3) is 3.96. The van der Waals surface area contributed by atoms with Crippen LogP contribution in [0.25, 0.3) is 5.69 Å². The number of carbonyl (C=O) groups is 2. The Morgan fingerprint density at radius 1 is 1.25 bits per heavy atom. The zero-order valence-corrected chi connectivity index (χ0v) is 15.5. The van der Waals surface area contributed by atoms with Gasteiger partial charge in [-0.3, -0.25) is 4.79 Å². The molecule has 0 saturated heterocycles. The number of aromatic nitrogens is 2. The molecule has 9 heteroatoms. The first-order valence-corrected chi connectivity index (χ1v) is 8.66. The molecule has 0 aliphatic rings. The smallest absolute Gasteiger partial charge is 0.343 e. The van der Waals surface area contributed by atoms with Gasteiger partial charge in [-0.1, -0.05) is 11.6 Å².